The molecule has 0 bridgehead atoms. The van der Waals surface area contributed by atoms with Crippen molar-refractivity contribution in [3.8, 4) is 0 Å². The summed E-state index contributed by atoms with van der Waals surface area (Å²) in [4.78, 5) is 51.2. The highest BCUT2D eigenvalue weighted by atomic mass is 35.5. The lowest BCUT2D eigenvalue weighted by atomic mass is 9.46. The third kappa shape index (κ3) is 4.93. The fraction of sp³-hybridized carbons (Fsp3) is 0.704. The van der Waals surface area contributed by atoms with Crippen molar-refractivity contribution in [1.29, 1.82) is 0 Å². The largest absolute Gasteiger partial charge is 0.458 e. The number of fused-ring (bicyclic) bond motifs is 5. The average molecular weight is 571 g/mol. The molecule has 0 heterocycles. The van der Waals surface area contributed by atoms with E-state index in [0.29, 0.717) is 37.1 Å². The second-order valence-electron chi connectivity index (χ2n) is 11.7. The van der Waals surface area contributed by atoms with Crippen molar-refractivity contribution in [3.05, 3.63) is 22.8 Å². The molecule has 38 heavy (non-hydrogen) atoms. The minimum absolute atomic E-state index is 0.0101. The van der Waals surface area contributed by atoms with E-state index in [0.717, 1.165) is 5.57 Å². The van der Waals surface area contributed by atoms with E-state index >= 15 is 0 Å². The van der Waals surface area contributed by atoms with Crippen LogP contribution in [0.3, 0.4) is 0 Å². The summed E-state index contributed by atoms with van der Waals surface area (Å²) in [7, 11) is -4.04. The fourth-order valence-corrected chi connectivity index (χ4v) is 8.54. The van der Waals surface area contributed by atoms with Gasteiger partial charge in [-0.25, -0.2) is 0 Å². The van der Waals surface area contributed by atoms with Crippen molar-refractivity contribution in [2.45, 2.75) is 77.2 Å². The number of allylic oxidation sites excluding steroid dienone is 4. The standard InChI is InChI=1S/C27H35ClO9S/c1-25-14-20(30)24-18(8-7-16-12-17(29)13-21(28)26(16,24)2)19(25)9-10-27(25,33)22(31)15-37-23(32)6-4-3-5-11-38(34,35)36/h12-13,18-19,24,33H,3-11,14-15H2,1-2H3,(H,34,35,36)/t18-,19-,24+,25-,26+,27-/m0/s1. The predicted octanol–water partition coefficient (Wildman–Crippen LogP) is 3.33. The topological polar surface area (TPSA) is 152 Å². The number of ether oxygens (including phenoxy) is 1. The minimum Gasteiger partial charge on any atom is -0.458 e. The average Bonchev–Trinajstić information content (AvgIpc) is 3.08. The summed E-state index contributed by atoms with van der Waals surface area (Å²) in [6.07, 6.45) is 5.84. The van der Waals surface area contributed by atoms with Gasteiger partial charge in [0.2, 0.25) is 5.78 Å². The molecular formula is C27H35ClO9S. The SMILES string of the molecule is C[C@]12C(Cl)=CC(=O)C=C1CC[C@@H]1[C@@H]2C(=O)C[C@@]2(C)[C@H]1CC[C@]2(O)C(=O)COC(=O)CCCCCS(=O)(=O)O. The molecule has 9 nitrogen and oxygen atoms in total. The predicted molar refractivity (Wildman–Crippen MR) is 138 cm³/mol. The molecular weight excluding hydrogens is 536 g/mol. The van der Waals surface area contributed by atoms with Gasteiger partial charge in [-0.3, -0.25) is 23.7 Å². The van der Waals surface area contributed by atoms with E-state index in [9.17, 15) is 32.7 Å². The molecule has 0 saturated heterocycles. The van der Waals surface area contributed by atoms with Gasteiger partial charge in [-0.2, -0.15) is 8.42 Å². The van der Waals surface area contributed by atoms with Gasteiger partial charge in [-0.15, -0.1) is 0 Å². The summed E-state index contributed by atoms with van der Waals surface area (Å²) in [5.41, 5.74) is -2.73. The second kappa shape index (κ2) is 10.3. The number of esters is 1. The molecule has 0 aliphatic heterocycles. The number of carbonyl (C=O) groups is 4. The molecule has 0 unspecified atom stereocenters. The molecule has 0 aromatic rings. The quantitative estimate of drug-likeness (QED) is 0.241. The summed E-state index contributed by atoms with van der Waals surface area (Å²) in [6, 6.07) is 0. The van der Waals surface area contributed by atoms with Crippen LogP contribution in [0.5, 0.6) is 0 Å². The zero-order chi connectivity index (χ0) is 28.1. The third-order valence-corrected chi connectivity index (χ3v) is 10.9. The van der Waals surface area contributed by atoms with Crippen molar-refractivity contribution < 1.29 is 42.0 Å². The van der Waals surface area contributed by atoms with Crippen LogP contribution in [0.4, 0.5) is 0 Å². The second-order valence-corrected chi connectivity index (χ2v) is 13.7. The minimum atomic E-state index is -4.04. The lowest BCUT2D eigenvalue weighted by Crippen LogP contribution is -2.61. The molecule has 0 spiro atoms. The molecule has 6 atom stereocenters. The highest BCUT2D eigenvalue weighted by Crippen LogP contribution is 2.67. The lowest BCUT2D eigenvalue weighted by molar-refractivity contribution is -0.172. The Morgan fingerprint density at radius 3 is 2.53 bits per heavy atom. The van der Waals surface area contributed by atoms with Gasteiger partial charge in [0.05, 0.1) is 5.75 Å². The highest BCUT2D eigenvalue weighted by molar-refractivity contribution is 7.85. The first kappa shape index (κ1) is 29.1. The van der Waals surface area contributed by atoms with Crippen molar-refractivity contribution in [1.82, 2.24) is 0 Å². The Bertz CT molecular complexity index is 1220. The summed E-state index contributed by atoms with van der Waals surface area (Å²) < 4.78 is 35.4. The molecule has 11 heteroatoms. The summed E-state index contributed by atoms with van der Waals surface area (Å²) >= 11 is 6.60. The lowest BCUT2D eigenvalue weighted by Gasteiger charge is -2.57. The van der Waals surface area contributed by atoms with Crippen LogP contribution in [0, 0.1) is 28.6 Å². The normalized spacial score (nSPS) is 36.5. The van der Waals surface area contributed by atoms with E-state index < -0.39 is 50.8 Å². The monoisotopic (exact) mass is 570 g/mol. The summed E-state index contributed by atoms with van der Waals surface area (Å²) in [5, 5.41) is 12.0. The van der Waals surface area contributed by atoms with Crippen LogP contribution in [-0.2, 0) is 34.0 Å². The Balaban J connectivity index is 1.42. The first-order chi connectivity index (χ1) is 17.6. The highest BCUT2D eigenvalue weighted by Gasteiger charge is 2.69. The Kier molecular flexibility index (Phi) is 7.86. The molecule has 0 radical (unpaired) electrons. The number of rotatable bonds is 9. The van der Waals surface area contributed by atoms with Crippen molar-refractivity contribution in [2.75, 3.05) is 12.4 Å². The maximum Gasteiger partial charge on any atom is 0.306 e. The molecule has 4 aliphatic carbocycles. The van der Waals surface area contributed by atoms with E-state index in [4.69, 9.17) is 20.9 Å². The first-order valence-corrected chi connectivity index (χ1v) is 15.1. The van der Waals surface area contributed by atoms with Crippen molar-refractivity contribution in [2.24, 2.45) is 28.6 Å². The van der Waals surface area contributed by atoms with E-state index in [1.54, 1.807) is 13.0 Å². The van der Waals surface area contributed by atoms with Crippen LogP contribution in [0.1, 0.15) is 71.6 Å². The number of hydrogen-bond acceptors (Lipinski definition) is 8. The van der Waals surface area contributed by atoms with Crippen molar-refractivity contribution >= 4 is 45.0 Å². The Hall–Kier alpha value is -1.88. The van der Waals surface area contributed by atoms with Crippen LogP contribution >= 0.6 is 11.6 Å². The van der Waals surface area contributed by atoms with Gasteiger partial charge in [0, 0.05) is 40.7 Å². The molecule has 4 aliphatic rings. The summed E-state index contributed by atoms with van der Waals surface area (Å²) in [6.45, 7) is 3.09. The fourth-order valence-electron chi connectivity index (χ4n) is 7.62. The van der Waals surface area contributed by atoms with E-state index in [2.05, 4.69) is 0 Å². The molecule has 2 N–H and O–H groups in total. The Morgan fingerprint density at radius 1 is 1.13 bits per heavy atom. The maximum atomic E-state index is 13.7. The third-order valence-electron chi connectivity index (χ3n) is 9.64. The first-order valence-electron chi connectivity index (χ1n) is 13.2. The van der Waals surface area contributed by atoms with Crippen molar-refractivity contribution in [3.63, 3.8) is 0 Å². The smallest absolute Gasteiger partial charge is 0.306 e. The van der Waals surface area contributed by atoms with E-state index in [1.165, 1.54) is 6.08 Å². The zero-order valence-electron chi connectivity index (χ0n) is 21.7. The van der Waals surface area contributed by atoms with Gasteiger partial charge in [-0.1, -0.05) is 37.4 Å². The molecule has 0 amide bonds. The van der Waals surface area contributed by atoms with Crippen LogP contribution in [0.15, 0.2) is 22.8 Å². The van der Waals surface area contributed by atoms with E-state index in [1.807, 2.05) is 6.92 Å². The Morgan fingerprint density at radius 2 is 1.84 bits per heavy atom. The van der Waals surface area contributed by atoms with Gasteiger partial charge in [0.1, 0.15) is 11.4 Å². The van der Waals surface area contributed by atoms with Crippen LogP contribution in [-0.4, -0.2) is 59.4 Å². The van der Waals surface area contributed by atoms with Crippen LogP contribution in [0.2, 0.25) is 0 Å². The molecule has 0 aromatic carbocycles. The molecule has 4 rings (SSSR count). The number of hydrogen-bond donors (Lipinski definition) is 2. The number of aliphatic hydroxyl groups is 1. The summed E-state index contributed by atoms with van der Waals surface area (Å²) in [5.74, 6) is -2.57. The number of ketones is 3. The van der Waals surface area contributed by atoms with Crippen LogP contribution < -0.4 is 0 Å². The molecule has 3 saturated carbocycles. The van der Waals surface area contributed by atoms with Crippen LogP contribution in [0.25, 0.3) is 0 Å². The number of carbonyl (C=O) groups excluding carboxylic acids is 4. The zero-order valence-corrected chi connectivity index (χ0v) is 23.3. The van der Waals surface area contributed by atoms with E-state index in [-0.39, 0.29) is 54.8 Å². The number of unbranched alkanes of at least 4 members (excludes halogenated alkanes) is 2. The molecule has 210 valence electrons. The maximum absolute atomic E-state index is 13.7. The number of halogens is 1. The Labute approximate surface area is 227 Å². The van der Waals surface area contributed by atoms with Gasteiger partial charge >= 0.3 is 5.97 Å². The van der Waals surface area contributed by atoms with Gasteiger partial charge in [0.15, 0.2) is 12.4 Å². The molecule has 3 fully saturated rings. The van der Waals surface area contributed by atoms with Gasteiger partial charge < -0.3 is 9.84 Å². The van der Waals surface area contributed by atoms with Gasteiger partial charge in [-0.05, 0) is 56.4 Å². The molecule has 0 aromatic heterocycles. The number of Topliss-reactive ketones (excluding diaryl/α,β-unsaturated/α-hetero) is 2. The van der Waals surface area contributed by atoms with Gasteiger partial charge in [0.25, 0.3) is 10.1 Å².